The summed E-state index contributed by atoms with van der Waals surface area (Å²) in [7, 11) is 0. The van der Waals surface area contributed by atoms with E-state index in [2.05, 4.69) is 15.3 Å². The monoisotopic (exact) mass is 589 g/mol. The first kappa shape index (κ1) is 31.5. The number of alkyl halides is 2. The highest BCUT2D eigenvalue weighted by Gasteiger charge is 2.47. The van der Waals surface area contributed by atoms with E-state index in [0.29, 0.717) is 24.3 Å². The Labute approximate surface area is 241 Å². The number of rotatable bonds is 7. The molecule has 1 saturated carbocycles. The largest absolute Gasteiger partial charge is 0.351 e. The molecule has 1 aromatic heterocycles. The van der Waals surface area contributed by atoms with Gasteiger partial charge in [-0.25, -0.2) is 23.1 Å². The number of carbonyl (C=O) groups is 3. The van der Waals surface area contributed by atoms with Gasteiger partial charge >= 0.3 is 0 Å². The van der Waals surface area contributed by atoms with E-state index >= 15 is 0 Å². The Morgan fingerprint density at radius 3 is 2.37 bits per heavy atom. The van der Waals surface area contributed by atoms with Crippen LogP contribution in [0.1, 0.15) is 51.1 Å². The average molecular weight is 590 g/mol. The molecule has 1 aliphatic carbocycles. The van der Waals surface area contributed by atoms with E-state index in [9.17, 15) is 27.6 Å². The molecule has 2 heterocycles. The highest BCUT2D eigenvalue weighted by molar-refractivity contribution is 6.31. The highest BCUT2D eigenvalue weighted by Crippen LogP contribution is 2.38. The first-order valence-electron chi connectivity index (χ1n) is 13.2. The summed E-state index contributed by atoms with van der Waals surface area (Å²) in [6, 6.07) is 11.4. The molecule has 0 radical (unpaired) electrons. The lowest BCUT2D eigenvalue weighted by Gasteiger charge is -2.37. The Morgan fingerprint density at radius 1 is 1.12 bits per heavy atom. The van der Waals surface area contributed by atoms with Gasteiger partial charge in [-0.2, -0.15) is 0 Å². The molecule has 3 aromatic rings. The number of hydrogen-bond acceptors (Lipinski definition) is 5. The van der Waals surface area contributed by atoms with Crippen molar-refractivity contribution in [3.8, 4) is 0 Å². The Bertz CT molecular complexity index is 1320. The van der Waals surface area contributed by atoms with Gasteiger partial charge in [-0.05, 0) is 36.8 Å². The maximum absolute atomic E-state index is 13.6. The summed E-state index contributed by atoms with van der Waals surface area (Å²) in [6.45, 7) is 4.75. The van der Waals surface area contributed by atoms with Gasteiger partial charge in [-0.15, -0.1) is 0 Å². The molecular weight excluding hydrogens is 559 g/mol. The molecule has 2 aromatic carbocycles. The van der Waals surface area contributed by atoms with Crippen molar-refractivity contribution in [2.75, 3.05) is 16.3 Å². The van der Waals surface area contributed by atoms with Crippen molar-refractivity contribution in [2.24, 2.45) is 0 Å². The van der Waals surface area contributed by atoms with E-state index in [1.54, 1.807) is 47.6 Å². The van der Waals surface area contributed by atoms with E-state index < -0.39 is 42.6 Å². The van der Waals surface area contributed by atoms with Gasteiger partial charge in [-0.1, -0.05) is 49.7 Å². The number of amides is 3. The van der Waals surface area contributed by atoms with Crippen LogP contribution in [-0.4, -0.2) is 46.7 Å². The van der Waals surface area contributed by atoms with Gasteiger partial charge in [-0.3, -0.25) is 24.2 Å². The summed E-state index contributed by atoms with van der Waals surface area (Å²) in [5, 5.41) is 2.75. The first-order chi connectivity index (χ1) is 19.7. The molecule has 2 aliphatic rings. The lowest BCUT2D eigenvalue weighted by atomic mass is 9.87. The van der Waals surface area contributed by atoms with Crippen LogP contribution in [0.3, 0.4) is 0 Å². The fraction of sp³-hybridized carbons (Fsp3) is 0.345. The number of nitrogens with one attached hydrogen (secondary N) is 1. The van der Waals surface area contributed by atoms with Crippen LogP contribution < -0.4 is 15.1 Å². The number of benzene rings is 2. The van der Waals surface area contributed by atoms with Gasteiger partial charge in [0.2, 0.25) is 24.2 Å². The predicted molar refractivity (Wildman–Crippen MR) is 150 cm³/mol. The van der Waals surface area contributed by atoms with Crippen LogP contribution in [0, 0.1) is 5.82 Å². The summed E-state index contributed by atoms with van der Waals surface area (Å²) in [5.74, 6) is -3.40. The van der Waals surface area contributed by atoms with Gasteiger partial charge in [0.05, 0.1) is 0 Å². The molecule has 1 atom stereocenters. The predicted octanol–water partition coefficient (Wildman–Crippen LogP) is 5.73. The van der Waals surface area contributed by atoms with Crippen LogP contribution in [0.15, 0.2) is 67.0 Å². The summed E-state index contributed by atoms with van der Waals surface area (Å²) in [4.78, 5) is 46.5. The summed E-state index contributed by atoms with van der Waals surface area (Å²) in [5.41, 5.74) is 0.447. The molecule has 5 rings (SSSR count). The van der Waals surface area contributed by atoms with E-state index in [0.717, 1.165) is 23.9 Å². The minimum absolute atomic E-state index is 0.126. The van der Waals surface area contributed by atoms with Crippen LogP contribution >= 0.6 is 11.6 Å². The van der Waals surface area contributed by atoms with Gasteiger partial charge in [0.25, 0.3) is 5.92 Å². The number of aromatic nitrogens is 2. The Morgan fingerprint density at radius 2 is 1.80 bits per heavy atom. The zero-order valence-electron chi connectivity index (χ0n) is 22.6. The Kier molecular flexibility index (Phi) is 11.2. The molecule has 8 nitrogen and oxygen atoms in total. The van der Waals surface area contributed by atoms with Crippen molar-refractivity contribution in [3.63, 3.8) is 0 Å². The van der Waals surface area contributed by atoms with Crippen molar-refractivity contribution in [1.82, 2.24) is 15.3 Å². The van der Waals surface area contributed by atoms with Crippen LogP contribution in [-0.2, 0) is 14.4 Å². The molecule has 218 valence electrons. The third-order valence-electron chi connectivity index (χ3n) is 6.25. The Balaban J connectivity index is 0.000000274. The van der Waals surface area contributed by atoms with Crippen molar-refractivity contribution in [3.05, 3.63) is 83.4 Å². The number of carbonyl (C=O) groups excluding carboxylic acids is 3. The fourth-order valence-electron chi connectivity index (χ4n) is 4.36. The Hall–Kier alpha value is -3.99. The second-order valence-electron chi connectivity index (χ2n) is 9.08. The number of nitrogens with zero attached hydrogens (tertiary/aromatic N) is 4. The molecule has 2 fully saturated rings. The normalized spacial score (nSPS) is 16.2. The molecule has 0 bridgehead atoms. The second-order valence-corrected chi connectivity index (χ2v) is 9.49. The average Bonchev–Trinajstić information content (AvgIpc) is 3.39. The number of hydrogen-bond donors (Lipinski definition) is 1. The van der Waals surface area contributed by atoms with E-state index in [-0.39, 0.29) is 16.6 Å². The van der Waals surface area contributed by atoms with Crippen LogP contribution in [0.4, 0.5) is 24.8 Å². The highest BCUT2D eigenvalue weighted by atomic mass is 35.5. The SMILES string of the molecule is CC.O=C1CCCN1c1ncccn1.O=CN(c1cccc(F)c1)C(C(=O)NC1CC(F)(F)C1)c1ccccc1Cl. The molecule has 1 unspecified atom stereocenters. The minimum atomic E-state index is -2.80. The molecule has 3 amide bonds. The van der Waals surface area contributed by atoms with Gasteiger partial charge in [0.15, 0.2) is 0 Å². The number of halogens is 4. The number of anilines is 2. The molecule has 1 saturated heterocycles. The maximum Gasteiger partial charge on any atom is 0.252 e. The van der Waals surface area contributed by atoms with E-state index in [1.807, 2.05) is 13.8 Å². The van der Waals surface area contributed by atoms with E-state index in [1.165, 1.54) is 18.2 Å². The molecule has 12 heteroatoms. The topological polar surface area (TPSA) is 95.5 Å². The van der Waals surface area contributed by atoms with Crippen molar-refractivity contribution >= 4 is 41.5 Å². The van der Waals surface area contributed by atoms with Crippen LogP contribution in [0.5, 0.6) is 0 Å². The third-order valence-corrected chi connectivity index (χ3v) is 6.59. The molecule has 1 N–H and O–H groups in total. The van der Waals surface area contributed by atoms with Crippen molar-refractivity contribution < 1.29 is 27.6 Å². The maximum atomic E-state index is 13.6. The quantitative estimate of drug-likeness (QED) is 0.355. The van der Waals surface area contributed by atoms with E-state index in [4.69, 9.17) is 11.6 Å². The minimum Gasteiger partial charge on any atom is -0.351 e. The van der Waals surface area contributed by atoms with Gasteiger partial charge < -0.3 is 5.32 Å². The summed E-state index contributed by atoms with van der Waals surface area (Å²) >= 11 is 6.20. The summed E-state index contributed by atoms with van der Waals surface area (Å²) < 4.78 is 39.8. The molecule has 41 heavy (non-hydrogen) atoms. The zero-order chi connectivity index (χ0) is 30.0. The third kappa shape index (κ3) is 8.26. The van der Waals surface area contributed by atoms with Crippen molar-refractivity contribution in [1.29, 1.82) is 0 Å². The molecular formula is C29H31ClF3N5O3. The van der Waals surface area contributed by atoms with Gasteiger partial charge in [0, 0.05) is 60.5 Å². The van der Waals surface area contributed by atoms with Crippen molar-refractivity contribution in [2.45, 2.75) is 57.5 Å². The zero-order valence-corrected chi connectivity index (χ0v) is 23.4. The van der Waals surface area contributed by atoms with Gasteiger partial charge in [0.1, 0.15) is 11.9 Å². The van der Waals surface area contributed by atoms with Crippen LogP contribution in [0.2, 0.25) is 5.02 Å². The lowest BCUT2D eigenvalue weighted by molar-refractivity contribution is -0.131. The standard InChI is InChI=1S/C19H16ClF3N2O2.C8H9N3O.C2H6/c20-16-7-2-1-6-15(16)17(18(27)24-13-9-19(22,23)10-13)25(11-26)14-5-3-4-12(21)8-14;12-7-3-1-6-11(7)8-9-4-2-5-10-8;1-2/h1-8,11,13,17H,9-10H2,(H,24,27);2,4-5H,1,3,6H2;1-2H3. The smallest absolute Gasteiger partial charge is 0.252 e. The lowest BCUT2D eigenvalue weighted by Crippen LogP contribution is -2.53. The fourth-order valence-corrected chi connectivity index (χ4v) is 4.59. The first-order valence-corrected chi connectivity index (χ1v) is 13.6. The molecule has 1 aliphatic heterocycles. The van der Waals surface area contributed by atoms with Crippen LogP contribution in [0.25, 0.3) is 0 Å². The summed E-state index contributed by atoms with van der Waals surface area (Å²) in [6.07, 6.45) is 4.29. The second kappa shape index (κ2) is 14.6. The molecule has 0 spiro atoms.